The van der Waals surface area contributed by atoms with Gasteiger partial charge in [0, 0.05) is 18.5 Å². The number of anilines is 1. The van der Waals surface area contributed by atoms with Crippen LogP contribution in [0.3, 0.4) is 0 Å². The van der Waals surface area contributed by atoms with Gasteiger partial charge in [0.2, 0.25) is 15.9 Å². The smallest absolute Gasteiger partial charge is 0.243 e. The second-order valence-electron chi connectivity index (χ2n) is 7.96. The Morgan fingerprint density at radius 3 is 2.64 bits per heavy atom. The third kappa shape index (κ3) is 5.31. The number of piperidine rings is 1. The number of thioether (sulfide) groups is 1. The predicted octanol–water partition coefficient (Wildman–Crippen LogP) is 4.46. The molecule has 1 fully saturated rings. The first-order valence-electron chi connectivity index (χ1n) is 10.9. The van der Waals surface area contributed by atoms with Crippen LogP contribution in [0.2, 0.25) is 0 Å². The van der Waals surface area contributed by atoms with E-state index < -0.39 is 10.0 Å². The lowest BCUT2D eigenvalue weighted by molar-refractivity contribution is -0.113. The van der Waals surface area contributed by atoms with Gasteiger partial charge in [-0.25, -0.2) is 13.4 Å². The summed E-state index contributed by atoms with van der Waals surface area (Å²) in [7, 11) is -2.13. The molecule has 0 aliphatic carbocycles. The van der Waals surface area contributed by atoms with Crippen LogP contribution in [0.5, 0.6) is 5.75 Å². The molecule has 33 heavy (non-hydrogen) atoms. The molecule has 4 rings (SSSR count). The summed E-state index contributed by atoms with van der Waals surface area (Å²) in [5.74, 6) is 0.279. The summed E-state index contributed by atoms with van der Waals surface area (Å²) in [6, 6.07) is 14.4. The molecule has 1 saturated heterocycles. The van der Waals surface area contributed by atoms with E-state index in [9.17, 15) is 13.2 Å². The highest BCUT2D eigenvalue weighted by molar-refractivity contribution is 7.99. The summed E-state index contributed by atoms with van der Waals surface area (Å²) in [5, 5.41) is 4.65. The molecular formula is C24H27N3O4S2. The Balaban J connectivity index is 1.48. The highest BCUT2D eigenvalue weighted by Crippen LogP contribution is 2.30. The van der Waals surface area contributed by atoms with Gasteiger partial charge in [0.15, 0.2) is 0 Å². The minimum atomic E-state index is -3.61. The number of carbonyl (C=O) groups is 1. The van der Waals surface area contributed by atoms with E-state index in [0.717, 1.165) is 40.8 Å². The van der Waals surface area contributed by atoms with Gasteiger partial charge < -0.3 is 10.1 Å². The van der Waals surface area contributed by atoms with Gasteiger partial charge in [-0.05, 0) is 55.7 Å². The molecule has 7 nitrogen and oxygen atoms in total. The van der Waals surface area contributed by atoms with E-state index in [1.54, 1.807) is 6.07 Å². The average Bonchev–Trinajstić information content (AvgIpc) is 2.83. The van der Waals surface area contributed by atoms with Crippen LogP contribution in [0.15, 0.2) is 58.5 Å². The number of aryl methyl sites for hydroxylation is 1. The molecule has 174 valence electrons. The van der Waals surface area contributed by atoms with Crippen molar-refractivity contribution in [3.8, 4) is 5.75 Å². The highest BCUT2D eigenvalue weighted by Gasteiger charge is 2.27. The van der Waals surface area contributed by atoms with E-state index in [1.807, 2.05) is 37.3 Å². The van der Waals surface area contributed by atoms with Gasteiger partial charge in [0.1, 0.15) is 5.75 Å². The van der Waals surface area contributed by atoms with E-state index in [1.165, 1.54) is 35.3 Å². The topological polar surface area (TPSA) is 88.6 Å². The molecular weight excluding hydrogens is 458 g/mol. The van der Waals surface area contributed by atoms with Gasteiger partial charge in [0.05, 0.1) is 34.0 Å². The standard InChI is InChI=1S/C24H27N3O4S2/c1-17-14-24(26-20-9-5-4-8-19(17)20)32-16-23(28)25-21-15-18(10-11-22(21)31-2)33(29,30)27-12-6-3-7-13-27/h4-5,8-11,14-15H,3,6-7,12-13,16H2,1-2H3,(H,25,28). The number of sulfonamides is 1. The molecule has 1 aliphatic rings. The van der Waals surface area contributed by atoms with Gasteiger partial charge in [0.25, 0.3) is 0 Å². The molecule has 0 unspecified atom stereocenters. The molecule has 9 heteroatoms. The number of hydrogen-bond acceptors (Lipinski definition) is 6. The van der Waals surface area contributed by atoms with Crippen molar-refractivity contribution in [1.29, 1.82) is 0 Å². The average molecular weight is 486 g/mol. The highest BCUT2D eigenvalue weighted by atomic mass is 32.2. The first-order valence-corrected chi connectivity index (χ1v) is 13.3. The number of ether oxygens (including phenoxy) is 1. The van der Waals surface area contributed by atoms with Crippen molar-refractivity contribution in [3.05, 3.63) is 54.1 Å². The van der Waals surface area contributed by atoms with Crippen LogP contribution >= 0.6 is 11.8 Å². The van der Waals surface area contributed by atoms with E-state index in [0.29, 0.717) is 24.5 Å². The summed E-state index contributed by atoms with van der Waals surface area (Å²) in [5.41, 5.74) is 2.32. The van der Waals surface area contributed by atoms with Gasteiger partial charge >= 0.3 is 0 Å². The minimum absolute atomic E-state index is 0.136. The minimum Gasteiger partial charge on any atom is -0.495 e. The van der Waals surface area contributed by atoms with Crippen molar-refractivity contribution in [2.24, 2.45) is 0 Å². The third-order valence-electron chi connectivity index (χ3n) is 5.65. The second kappa shape index (κ2) is 10.1. The molecule has 3 aromatic rings. The van der Waals surface area contributed by atoms with Crippen LogP contribution in [0.1, 0.15) is 24.8 Å². The van der Waals surface area contributed by atoms with E-state index in [2.05, 4.69) is 10.3 Å². The monoisotopic (exact) mass is 485 g/mol. The molecule has 2 aromatic carbocycles. The second-order valence-corrected chi connectivity index (χ2v) is 10.9. The number of methoxy groups -OCH3 is 1. The SMILES string of the molecule is COc1ccc(S(=O)(=O)N2CCCCC2)cc1NC(=O)CSc1cc(C)c2ccccc2n1. The lowest BCUT2D eigenvalue weighted by Crippen LogP contribution is -2.35. The zero-order valence-electron chi connectivity index (χ0n) is 18.7. The Hall–Kier alpha value is -2.62. The summed E-state index contributed by atoms with van der Waals surface area (Å²) < 4.78 is 32.9. The Morgan fingerprint density at radius 1 is 1.12 bits per heavy atom. The van der Waals surface area contributed by atoms with E-state index in [4.69, 9.17) is 4.74 Å². The third-order valence-corrected chi connectivity index (χ3v) is 8.45. The quantitative estimate of drug-likeness (QED) is 0.497. The van der Waals surface area contributed by atoms with Crippen molar-refractivity contribution < 1.29 is 17.9 Å². The van der Waals surface area contributed by atoms with E-state index >= 15 is 0 Å². The summed E-state index contributed by atoms with van der Waals surface area (Å²) >= 11 is 1.33. The molecule has 0 saturated carbocycles. The van der Waals surface area contributed by atoms with Crippen LogP contribution in [0, 0.1) is 6.92 Å². The Kier molecular flexibility index (Phi) is 7.21. The molecule has 0 radical (unpaired) electrons. The molecule has 2 heterocycles. The number of benzene rings is 2. The molecule has 1 N–H and O–H groups in total. The number of hydrogen-bond donors (Lipinski definition) is 1. The van der Waals surface area contributed by atoms with Crippen molar-refractivity contribution in [3.63, 3.8) is 0 Å². The fourth-order valence-corrected chi connectivity index (χ4v) is 6.24. The van der Waals surface area contributed by atoms with Crippen molar-refractivity contribution >= 4 is 44.3 Å². The molecule has 1 aliphatic heterocycles. The van der Waals surface area contributed by atoms with Crippen molar-refractivity contribution in [1.82, 2.24) is 9.29 Å². The summed E-state index contributed by atoms with van der Waals surface area (Å²) in [6.07, 6.45) is 2.76. The van der Waals surface area contributed by atoms with Crippen LogP contribution in [-0.2, 0) is 14.8 Å². The first kappa shape index (κ1) is 23.5. The van der Waals surface area contributed by atoms with Crippen LogP contribution in [0.4, 0.5) is 5.69 Å². The maximum absolute atomic E-state index is 13.0. The first-order chi connectivity index (χ1) is 15.9. The van der Waals surface area contributed by atoms with Gasteiger partial charge in [-0.3, -0.25) is 4.79 Å². The fourth-order valence-electron chi connectivity index (χ4n) is 3.92. The molecule has 0 spiro atoms. The lowest BCUT2D eigenvalue weighted by atomic mass is 10.1. The molecule has 1 amide bonds. The Bertz CT molecular complexity index is 1270. The van der Waals surface area contributed by atoms with E-state index in [-0.39, 0.29) is 16.6 Å². The molecule has 1 aromatic heterocycles. The number of nitrogens with zero attached hydrogens (tertiary/aromatic N) is 2. The Morgan fingerprint density at radius 2 is 1.88 bits per heavy atom. The maximum atomic E-state index is 13.0. The number of fused-ring (bicyclic) bond motifs is 1. The van der Waals surface area contributed by atoms with Crippen LogP contribution in [-0.4, -0.2) is 49.6 Å². The zero-order chi connectivity index (χ0) is 23.4. The zero-order valence-corrected chi connectivity index (χ0v) is 20.3. The van der Waals surface area contributed by atoms with Gasteiger partial charge in [-0.15, -0.1) is 0 Å². The molecule has 0 bridgehead atoms. The summed E-state index contributed by atoms with van der Waals surface area (Å²) in [6.45, 7) is 3.06. The van der Waals surface area contributed by atoms with Gasteiger partial charge in [-0.1, -0.05) is 36.4 Å². The normalized spacial score (nSPS) is 14.8. The number of nitrogens with one attached hydrogen (secondary N) is 1. The Labute approximate surface area is 198 Å². The van der Waals surface area contributed by atoms with Crippen LogP contribution < -0.4 is 10.1 Å². The maximum Gasteiger partial charge on any atom is 0.243 e. The van der Waals surface area contributed by atoms with Crippen LogP contribution in [0.25, 0.3) is 10.9 Å². The number of para-hydroxylation sites is 1. The van der Waals surface area contributed by atoms with Gasteiger partial charge in [-0.2, -0.15) is 4.31 Å². The van der Waals surface area contributed by atoms with Crippen molar-refractivity contribution in [2.45, 2.75) is 36.1 Å². The number of amides is 1. The number of rotatable bonds is 7. The number of carbonyl (C=O) groups excluding carboxylic acids is 1. The van der Waals surface area contributed by atoms with Crippen molar-refractivity contribution in [2.75, 3.05) is 31.3 Å². The predicted molar refractivity (Wildman–Crippen MR) is 131 cm³/mol. The number of pyridine rings is 1. The fraction of sp³-hybridized carbons (Fsp3) is 0.333. The lowest BCUT2D eigenvalue weighted by Gasteiger charge is -2.26. The summed E-state index contributed by atoms with van der Waals surface area (Å²) in [4.78, 5) is 17.5. The number of aromatic nitrogens is 1. The largest absolute Gasteiger partial charge is 0.495 e. The molecule has 0 atom stereocenters.